The molecule has 1 aromatic heterocycles. The molecule has 7 heteroatoms. The van der Waals surface area contributed by atoms with Gasteiger partial charge in [-0.25, -0.2) is 4.79 Å². The van der Waals surface area contributed by atoms with Crippen LogP contribution >= 0.6 is 0 Å². The highest BCUT2D eigenvalue weighted by Crippen LogP contribution is 2.22. The topological polar surface area (TPSA) is 86.7 Å². The first-order chi connectivity index (χ1) is 13.9. The van der Waals surface area contributed by atoms with E-state index in [1.165, 1.54) is 12.1 Å². The van der Waals surface area contributed by atoms with Gasteiger partial charge in [-0.05, 0) is 63.2 Å². The molecule has 3 rings (SSSR count). The normalized spacial score (nSPS) is 11.0. The van der Waals surface area contributed by atoms with Crippen molar-refractivity contribution in [2.24, 2.45) is 4.99 Å². The highest BCUT2D eigenvalue weighted by atomic mass is 16.6. The van der Waals surface area contributed by atoms with Gasteiger partial charge in [0, 0.05) is 41.0 Å². The Balaban J connectivity index is 1.84. The van der Waals surface area contributed by atoms with E-state index in [2.05, 4.69) is 9.56 Å². The van der Waals surface area contributed by atoms with Crippen LogP contribution in [0.3, 0.4) is 0 Å². The maximum absolute atomic E-state index is 11.8. The fraction of sp³-hybridized carbons (Fsp3) is 0.182. The van der Waals surface area contributed by atoms with Gasteiger partial charge in [0.05, 0.1) is 22.8 Å². The van der Waals surface area contributed by atoms with Crippen LogP contribution in [0.4, 0.5) is 11.4 Å². The number of ether oxygens (including phenoxy) is 1. The second-order valence-corrected chi connectivity index (χ2v) is 6.46. The van der Waals surface area contributed by atoms with Crippen LogP contribution in [0.5, 0.6) is 0 Å². The lowest BCUT2D eigenvalue weighted by Crippen LogP contribution is -2.05. The van der Waals surface area contributed by atoms with E-state index in [0.717, 1.165) is 22.6 Å². The van der Waals surface area contributed by atoms with E-state index in [0.29, 0.717) is 17.9 Å². The van der Waals surface area contributed by atoms with Gasteiger partial charge in [-0.2, -0.15) is 0 Å². The Bertz CT molecular complexity index is 1060. The quantitative estimate of drug-likeness (QED) is 0.258. The molecule has 29 heavy (non-hydrogen) atoms. The second kappa shape index (κ2) is 8.52. The number of nitro benzene ring substituents is 1. The summed E-state index contributed by atoms with van der Waals surface area (Å²) in [4.78, 5) is 26.6. The van der Waals surface area contributed by atoms with Crippen molar-refractivity contribution in [1.82, 2.24) is 4.57 Å². The number of aromatic nitrogens is 1. The molecular weight excluding hydrogens is 370 g/mol. The number of nitrogens with zero attached hydrogens (tertiary/aromatic N) is 3. The van der Waals surface area contributed by atoms with Crippen molar-refractivity contribution in [2.75, 3.05) is 6.61 Å². The number of aryl methyl sites for hydroxylation is 1. The van der Waals surface area contributed by atoms with Gasteiger partial charge in [0.15, 0.2) is 0 Å². The zero-order valence-corrected chi connectivity index (χ0v) is 16.5. The second-order valence-electron chi connectivity index (χ2n) is 6.46. The first-order valence-corrected chi connectivity index (χ1v) is 9.15. The lowest BCUT2D eigenvalue weighted by Gasteiger charge is -2.10. The van der Waals surface area contributed by atoms with E-state index in [-0.39, 0.29) is 11.7 Å². The van der Waals surface area contributed by atoms with Crippen LogP contribution in [0.1, 0.15) is 34.2 Å². The Kier molecular flexibility index (Phi) is 5.87. The van der Waals surface area contributed by atoms with Crippen molar-refractivity contribution >= 4 is 23.6 Å². The van der Waals surface area contributed by atoms with Gasteiger partial charge in [0.1, 0.15) is 0 Å². The molecule has 0 amide bonds. The van der Waals surface area contributed by atoms with Gasteiger partial charge in [-0.1, -0.05) is 0 Å². The first-order valence-electron chi connectivity index (χ1n) is 9.15. The van der Waals surface area contributed by atoms with E-state index in [9.17, 15) is 14.9 Å². The van der Waals surface area contributed by atoms with Gasteiger partial charge >= 0.3 is 5.97 Å². The summed E-state index contributed by atoms with van der Waals surface area (Å²) in [5, 5.41) is 10.7. The lowest BCUT2D eigenvalue weighted by atomic mass is 10.2. The summed E-state index contributed by atoms with van der Waals surface area (Å²) in [5.74, 6) is -0.337. The zero-order chi connectivity index (χ0) is 21.0. The standard InChI is InChI=1S/C22H21N3O4/c1-4-29-22(26)17-5-9-20(10-6-17)24-15(2)13-18(16(24)3)14-23-19-7-11-21(12-8-19)25(27)28/h5-14H,4H2,1-3H3. The summed E-state index contributed by atoms with van der Waals surface area (Å²) in [6.07, 6.45) is 1.74. The smallest absolute Gasteiger partial charge is 0.338 e. The van der Waals surface area contributed by atoms with Gasteiger partial charge in [0.25, 0.3) is 5.69 Å². The van der Waals surface area contributed by atoms with Crippen molar-refractivity contribution in [2.45, 2.75) is 20.8 Å². The highest BCUT2D eigenvalue weighted by molar-refractivity contribution is 5.89. The van der Waals surface area contributed by atoms with Crippen LogP contribution in [0.15, 0.2) is 59.6 Å². The summed E-state index contributed by atoms with van der Waals surface area (Å²) in [6.45, 7) is 6.10. The number of non-ortho nitro benzene ring substituents is 1. The van der Waals surface area contributed by atoms with Crippen LogP contribution in [0.25, 0.3) is 5.69 Å². The van der Waals surface area contributed by atoms with Gasteiger partial charge < -0.3 is 9.30 Å². The van der Waals surface area contributed by atoms with Crippen molar-refractivity contribution in [3.8, 4) is 5.69 Å². The number of carbonyl (C=O) groups is 1. The molecule has 0 aliphatic heterocycles. The highest BCUT2D eigenvalue weighted by Gasteiger charge is 2.11. The van der Waals surface area contributed by atoms with E-state index >= 15 is 0 Å². The van der Waals surface area contributed by atoms with Crippen LogP contribution in [-0.4, -0.2) is 28.3 Å². The minimum absolute atomic E-state index is 0.0355. The molecular formula is C22H21N3O4. The van der Waals surface area contributed by atoms with Crippen LogP contribution < -0.4 is 0 Å². The molecule has 0 bridgehead atoms. The first kappa shape index (κ1) is 20.0. The van der Waals surface area contributed by atoms with Gasteiger partial charge in [-0.3, -0.25) is 15.1 Å². The SMILES string of the molecule is CCOC(=O)c1ccc(-n2c(C)cc(C=Nc3ccc([N+](=O)[O-])cc3)c2C)cc1. The molecule has 0 spiro atoms. The van der Waals surface area contributed by atoms with Crippen LogP contribution in [0.2, 0.25) is 0 Å². The largest absolute Gasteiger partial charge is 0.462 e. The Hall–Kier alpha value is -3.74. The molecule has 0 radical (unpaired) electrons. The van der Waals surface area contributed by atoms with Crippen LogP contribution in [-0.2, 0) is 4.74 Å². The molecule has 0 saturated heterocycles. The van der Waals surface area contributed by atoms with Crippen molar-refractivity contribution < 1.29 is 14.5 Å². The molecule has 0 aliphatic carbocycles. The molecule has 2 aromatic carbocycles. The van der Waals surface area contributed by atoms with Crippen molar-refractivity contribution in [3.05, 3.63) is 87.2 Å². The number of aliphatic imine (C=N–C) groups is 1. The summed E-state index contributed by atoms with van der Waals surface area (Å²) in [6, 6.07) is 15.4. The average molecular weight is 391 g/mol. The molecule has 1 heterocycles. The Morgan fingerprint density at radius 3 is 2.38 bits per heavy atom. The number of hydrogen-bond donors (Lipinski definition) is 0. The molecule has 0 fully saturated rings. The summed E-state index contributed by atoms with van der Waals surface area (Å²) >= 11 is 0. The Labute approximate surface area is 168 Å². The number of esters is 1. The van der Waals surface area contributed by atoms with E-state index in [1.807, 2.05) is 32.0 Å². The molecule has 3 aromatic rings. The third kappa shape index (κ3) is 4.40. The third-order valence-corrected chi connectivity index (χ3v) is 4.52. The molecule has 0 saturated carbocycles. The zero-order valence-electron chi connectivity index (χ0n) is 16.5. The monoisotopic (exact) mass is 391 g/mol. The van der Waals surface area contributed by atoms with Gasteiger partial charge in [-0.15, -0.1) is 0 Å². The average Bonchev–Trinajstić information content (AvgIpc) is 3.00. The molecule has 7 nitrogen and oxygen atoms in total. The Morgan fingerprint density at radius 2 is 1.79 bits per heavy atom. The van der Waals surface area contributed by atoms with Crippen LogP contribution in [0, 0.1) is 24.0 Å². The minimum atomic E-state index is -0.436. The van der Waals surface area contributed by atoms with E-state index in [1.54, 1.807) is 37.4 Å². The number of benzene rings is 2. The molecule has 0 aliphatic rings. The maximum Gasteiger partial charge on any atom is 0.338 e. The minimum Gasteiger partial charge on any atom is -0.462 e. The molecule has 0 atom stereocenters. The fourth-order valence-electron chi connectivity index (χ4n) is 3.08. The van der Waals surface area contributed by atoms with Crippen molar-refractivity contribution in [3.63, 3.8) is 0 Å². The maximum atomic E-state index is 11.8. The summed E-state index contributed by atoms with van der Waals surface area (Å²) in [7, 11) is 0. The fourth-order valence-corrected chi connectivity index (χ4v) is 3.08. The molecule has 0 unspecified atom stereocenters. The molecule has 148 valence electrons. The number of carbonyl (C=O) groups excluding carboxylic acids is 1. The summed E-state index contributed by atoms with van der Waals surface area (Å²) in [5.41, 5.74) is 5.08. The predicted molar refractivity (Wildman–Crippen MR) is 112 cm³/mol. The van der Waals surface area contributed by atoms with Gasteiger partial charge in [0.2, 0.25) is 0 Å². The number of hydrogen-bond acceptors (Lipinski definition) is 5. The Morgan fingerprint density at radius 1 is 1.14 bits per heavy atom. The predicted octanol–water partition coefficient (Wildman–Crippen LogP) is 4.93. The number of nitro groups is 1. The summed E-state index contributed by atoms with van der Waals surface area (Å²) < 4.78 is 7.09. The van der Waals surface area contributed by atoms with E-state index in [4.69, 9.17) is 4.74 Å². The lowest BCUT2D eigenvalue weighted by molar-refractivity contribution is -0.384. The third-order valence-electron chi connectivity index (χ3n) is 4.52. The number of rotatable bonds is 6. The van der Waals surface area contributed by atoms with E-state index < -0.39 is 4.92 Å². The molecule has 0 N–H and O–H groups in total. The van der Waals surface area contributed by atoms with Crippen molar-refractivity contribution in [1.29, 1.82) is 0 Å².